The zero-order valence-corrected chi connectivity index (χ0v) is 15.2. The van der Waals surface area contributed by atoms with Crippen LogP contribution in [0.1, 0.15) is 19.4 Å². The molecule has 1 aromatic carbocycles. The van der Waals surface area contributed by atoms with E-state index in [9.17, 15) is 21.6 Å². The molecular formula is C13H18ClNO6S2. The third kappa shape index (κ3) is 5.76. The number of sulfonamides is 1. The van der Waals surface area contributed by atoms with E-state index in [0.717, 1.165) is 12.3 Å². The molecule has 0 aliphatic heterocycles. The van der Waals surface area contributed by atoms with Crippen LogP contribution >= 0.6 is 11.6 Å². The van der Waals surface area contributed by atoms with Gasteiger partial charge < -0.3 is 5.11 Å². The Labute approximate surface area is 140 Å². The van der Waals surface area contributed by atoms with Crippen molar-refractivity contribution in [1.29, 1.82) is 0 Å². The Kier molecular flexibility index (Phi) is 6.19. The van der Waals surface area contributed by atoms with Gasteiger partial charge in [-0.15, -0.1) is 0 Å². The standard InChI is InChI=1S/C13H18ClNO6S2/c1-8(2)12(13(16)17)15-23(20,21)11-6-10(14)5-4-9(11)7-22(3,18)19/h4-6,8,12,15H,7H2,1-3H3,(H,16,17)/t12-/m0/s1. The van der Waals surface area contributed by atoms with Crippen LogP contribution in [0.4, 0.5) is 0 Å². The van der Waals surface area contributed by atoms with Crippen LogP contribution in [0.5, 0.6) is 0 Å². The second kappa shape index (κ2) is 7.16. The van der Waals surface area contributed by atoms with Crippen LogP contribution in [0.25, 0.3) is 0 Å². The topological polar surface area (TPSA) is 118 Å². The number of carbonyl (C=O) groups is 1. The van der Waals surface area contributed by atoms with Gasteiger partial charge in [-0.1, -0.05) is 31.5 Å². The number of rotatable bonds is 7. The fourth-order valence-corrected chi connectivity index (χ4v) is 4.63. The Morgan fingerprint density at radius 2 is 1.83 bits per heavy atom. The second-order valence-electron chi connectivity index (χ2n) is 5.50. The molecule has 2 N–H and O–H groups in total. The molecule has 0 radical (unpaired) electrons. The first-order valence-corrected chi connectivity index (χ1v) is 10.5. The minimum absolute atomic E-state index is 0.0253. The zero-order chi connectivity index (χ0) is 18.0. The van der Waals surface area contributed by atoms with E-state index in [1.165, 1.54) is 12.1 Å². The highest BCUT2D eigenvalue weighted by atomic mass is 35.5. The van der Waals surface area contributed by atoms with Crippen molar-refractivity contribution in [2.24, 2.45) is 5.92 Å². The summed E-state index contributed by atoms with van der Waals surface area (Å²) in [7, 11) is -7.74. The van der Waals surface area contributed by atoms with Crippen LogP contribution in [0, 0.1) is 5.92 Å². The van der Waals surface area contributed by atoms with E-state index >= 15 is 0 Å². The van der Waals surface area contributed by atoms with Crippen molar-refractivity contribution in [3.05, 3.63) is 28.8 Å². The number of nitrogens with one attached hydrogen (secondary N) is 1. The third-order valence-electron chi connectivity index (χ3n) is 2.95. The monoisotopic (exact) mass is 383 g/mol. The number of carboxylic acid groups (broad SMARTS) is 1. The fourth-order valence-electron chi connectivity index (χ4n) is 1.88. The number of hydrogen-bond acceptors (Lipinski definition) is 5. The molecule has 0 saturated heterocycles. The summed E-state index contributed by atoms with van der Waals surface area (Å²) in [6, 6.07) is 2.43. The van der Waals surface area contributed by atoms with Gasteiger partial charge in [0.2, 0.25) is 10.0 Å². The number of benzene rings is 1. The van der Waals surface area contributed by atoms with Gasteiger partial charge in [0.1, 0.15) is 6.04 Å². The maximum Gasteiger partial charge on any atom is 0.322 e. The molecule has 0 aromatic heterocycles. The predicted octanol–water partition coefficient (Wildman–Crippen LogP) is 1.27. The summed E-state index contributed by atoms with van der Waals surface area (Å²) in [5.74, 6) is -2.32. The molecule has 130 valence electrons. The molecule has 0 amide bonds. The largest absolute Gasteiger partial charge is 0.480 e. The summed E-state index contributed by atoms with van der Waals surface area (Å²) < 4.78 is 50.0. The molecule has 23 heavy (non-hydrogen) atoms. The van der Waals surface area contributed by atoms with Crippen molar-refractivity contribution in [2.45, 2.75) is 30.5 Å². The van der Waals surface area contributed by atoms with E-state index in [1.807, 2.05) is 0 Å². The number of hydrogen-bond donors (Lipinski definition) is 2. The fraction of sp³-hybridized carbons (Fsp3) is 0.462. The summed E-state index contributed by atoms with van der Waals surface area (Å²) in [5.41, 5.74) is 0.0253. The molecule has 0 fully saturated rings. The molecule has 0 aliphatic rings. The minimum Gasteiger partial charge on any atom is -0.480 e. The van der Waals surface area contributed by atoms with Crippen molar-refractivity contribution < 1.29 is 26.7 Å². The molecule has 1 rings (SSSR count). The smallest absolute Gasteiger partial charge is 0.322 e. The lowest BCUT2D eigenvalue weighted by atomic mass is 10.1. The molecule has 0 heterocycles. The van der Waals surface area contributed by atoms with E-state index in [2.05, 4.69) is 4.72 Å². The van der Waals surface area contributed by atoms with Gasteiger partial charge in [-0.05, 0) is 23.6 Å². The van der Waals surface area contributed by atoms with E-state index in [0.29, 0.717) is 0 Å². The molecule has 0 bridgehead atoms. The van der Waals surface area contributed by atoms with Gasteiger partial charge in [-0.3, -0.25) is 4.79 Å². The molecule has 10 heteroatoms. The van der Waals surface area contributed by atoms with Gasteiger partial charge in [0.15, 0.2) is 9.84 Å². The minimum atomic E-state index is -4.25. The van der Waals surface area contributed by atoms with Gasteiger partial charge in [-0.25, -0.2) is 16.8 Å². The Hall–Kier alpha value is -1.16. The van der Waals surface area contributed by atoms with Crippen molar-refractivity contribution in [1.82, 2.24) is 4.72 Å². The lowest BCUT2D eigenvalue weighted by molar-refractivity contribution is -0.140. The molecule has 1 aromatic rings. The van der Waals surface area contributed by atoms with Crippen molar-refractivity contribution in [3.63, 3.8) is 0 Å². The van der Waals surface area contributed by atoms with Gasteiger partial charge in [0.05, 0.1) is 10.6 Å². The quantitative estimate of drug-likeness (QED) is 0.732. The summed E-state index contributed by atoms with van der Waals surface area (Å²) in [6.45, 7) is 3.10. The number of halogens is 1. The van der Waals surface area contributed by atoms with Crippen molar-refractivity contribution in [3.8, 4) is 0 Å². The Morgan fingerprint density at radius 1 is 1.26 bits per heavy atom. The number of aliphatic carboxylic acids is 1. The molecule has 0 aliphatic carbocycles. The van der Waals surface area contributed by atoms with E-state index < -0.39 is 43.5 Å². The van der Waals surface area contributed by atoms with Crippen LogP contribution in [0.3, 0.4) is 0 Å². The molecule has 1 atom stereocenters. The summed E-state index contributed by atoms with van der Waals surface area (Å²) in [5, 5.41) is 9.21. The number of carboxylic acids is 1. The molecule has 7 nitrogen and oxygen atoms in total. The van der Waals surface area contributed by atoms with E-state index in [1.54, 1.807) is 13.8 Å². The van der Waals surface area contributed by atoms with Gasteiger partial charge in [-0.2, -0.15) is 4.72 Å². The molecule has 0 saturated carbocycles. The summed E-state index contributed by atoms with van der Waals surface area (Å²) in [4.78, 5) is 10.8. The van der Waals surface area contributed by atoms with Gasteiger partial charge in [0, 0.05) is 11.3 Å². The van der Waals surface area contributed by atoms with Crippen LogP contribution in [0.15, 0.2) is 23.1 Å². The van der Waals surface area contributed by atoms with Crippen molar-refractivity contribution >= 4 is 37.4 Å². The third-order valence-corrected chi connectivity index (χ3v) is 5.55. The highest BCUT2D eigenvalue weighted by molar-refractivity contribution is 7.90. The van der Waals surface area contributed by atoms with Crippen LogP contribution < -0.4 is 4.72 Å². The Balaban J connectivity index is 3.37. The maximum atomic E-state index is 12.5. The molecule has 0 unspecified atom stereocenters. The Bertz CT molecular complexity index is 802. The average Bonchev–Trinajstić information content (AvgIpc) is 2.36. The lowest BCUT2D eigenvalue weighted by Crippen LogP contribution is -2.44. The lowest BCUT2D eigenvalue weighted by Gasteiger charge is -2.19. The first kappa shape index (κ1) is 19.9. The average molecular weight is 384 g/mol. The first-order valence-electron chi connectivity index (χ1n) is 6.55. The second-order valence-corrected chi connectivity index (χ2v) is 9.76. The Morgan fingerprint density at radius 3 is 2.26 bits per heavy atom. The van der Waals surface area contributed by atoms with Crippen LogP contribution in [-0.4, -0.2) is 40.2 Å². The first-order chi connectivity index (χ1) is 10.3. The van der Waals surface area contributed by atoms with Gasteiger partial charge >= 0.3 is 5.97 Å². The SMILES string of the molecule is CC(C)[C@H](NS(=O)(=O)c1cc(Cl)ccc1CS(C)(=O)=O)C(=O)O. The maximum absolute atomic E-state index is 12.5. The molecule has 0 spiro atoms. The van der Waals surface area contributed by atoms with Crippen LogP contribution in [-0.2, 0) is 30.4 Å². The van der Waals surface area contributed by atoms with Crippen molar-refractivity contribution in [2.75, 3.05) is 6.26 Å². The summed E-state index contributed by atoms with van der Waals surface area (Å²) in [6.07, 6.45) is 0.972. The number of sulfone groups is 1. The highest BCUT2D eigenvalue weighted by Gasteiger charge is 2.30. The normalized spacial score (nSPS) is 14.0. The zero-order valence-electron chi connectivity index (χ0n) is 12.8. The highest BCUT2D eigenvalue weighted by Crippen LogP contribution is 2.23. The van der Waals surface area contributed by atoms with E-state index in [-0.39, 0.29) is 15.5 Å². The van der Waals surface area contributed by atoms with Gasteiger partial charge in [0.25, 0.3) is 0 Å². The van der Waals surface area contributed by atoms with Crippen LogP contribution in [0.2, 0.25) is 5.02 Å². The van der Waals surface area contributed by atoms with E-state index in [4.69, 9.17) is 16.7 Å². The predicted molar refractivity (Wildman–Crippen MR) is 86.6 cm³/mol. The summed E-state index contributed by atoms with van der Waals surface area (Å²) >= 11 is 5.80. The molecular weight excluding hydrogens is 366 g/mol.